The van der Waals surface area contributed by atoms with Crippen LogP contribution in [0, 0.1) is 6.92 Å². The van der Waals surface area contributed by atoms with Crippen LogP contribution in [0.2, 0.25) is 10.0 Å². The number of nitrogens with zero attached hydrogens (tertiary/aromatic N) is 1. The first-order valence-corrected chi connectivity index (χ1v) is 11.7. The Morgan fingerprint density at radius 1 is 0.879 bits per heavy atom. The monoisotopic (exact) mass is 482 g/mol. The fourth-order valence-electron chi connectivity index (χ4n) is 3.68. The Morgan fingerprint density at radius 2 is 1.52 bits per heavy atom. The van der Waals surface area contributed by atoms with Crippen LogP contribution in [0.4, 0.5) is 0 Å². The third-order valence-corrected chi connectivity index (χ3v) is 6.20. The molecular weight excluding hydrogens is 455 g/mol. The molecule has 0 aromatic heterocycles. The number of nitrogens with one attached hydrogen (secondary N) is 1. The Labute approximate surface area is 205 Å². The molecule has 0 aliphatic rings. The van der Waals surface area contributed by atoms with Crippen molar-refractivity contribution in [1.82, 2.24) is 10.2 Å². The standard InChI is InChI=1S/C27H28Cl2N2O2/c1-3-30-27(33)25(16-20-8-5-4-6-9-20)31(18-22-23(28)10-7-11-24(22)29)26(32)17-21-14-12-19(2)13-15-21/h4-15,25H,3,16-18H2,1-2H3,(H,30,33)/t25-/m1/s1. The van der Waals surface area contributed by atoms with Crippen LogP contribution in [-0.4, -0.2) is 29.3 Å². The number of benzene rings is 3. The van der Waals surface area contributed by atoms with Gasteiger partial charge >= 0.3 is 0 Å². The summed E-state index contributed by atoms with van der Waals surface area (Å²) in [6, 6.07) is 22.0. The van der Waals surface area contributed by atoms with E-state index in [9.17, 15) is 9.59 Å². The van der Waals surface area contributed by atoms with Crippen molar-refractivity contribution in [2.24, 2.45) is 0 Å². The van der Waals surface area contributed by atoms with Crippen molar-refractivity contribution in [2.75, 3.05) is 6.54 Å². The first-order chi connectivity index (χ1) is 15.9. The Hall–Kier alpha value is -2.82. The van der Waals surface area contributed by atoms with Gasteiger partial charge in [0.2, 0.25) is 11.8 Å². The minimum absolute atomic E-state index is 0.137. The molecule has 0 unspecified atom stereocenters. The number of carbonyl (C=O) groups is 2. The van der Waals surface area contributed by atoms with Crippen LogP contribution in [-0.2, 0) is 29.0 Å². The summed E-state index contributed by atoms with van der Waals surface area (Å²) in [4.78, 5) is 28.4. The van der Waals surface area contributed by atoms with Gasteiger partial charge in [-0.1, -0.05) is 89.4 Å². The van der Waals surface area contributed by atoms with E-state index in [1.54, 1.807) is 23.1 Å². The van der Waals surface area contributed by atoms with Gasteiger partial charge in [0.1, 0.15) is 6.04 Å². The second-order valence-corrected chi connectivity index (χ2v) is 8.80. The maximum atomic E-state index is 13.6. The van der Waals surface area contributed by atoms with E-state index >= 15 is 0 Å². The topological polar surface area (TPSA) is 49.4 Å². The number of halogens is 2. The Bertz CT molecular complexity index is 1060. The number of carbonyl (C=O) groups excluding carboxylic acids is 2. The van der Waals surface area contributed by atoms with Gasteiger partial charge in [-0.15, -0.1) is 0 Å². The molecule has 4 nitrogen and oxygen atoms in total. The number of hydrogen-bond donors (Lipinski definition) is 1. The zero-order chi connectivity index (χ0) is 23.8. The molecule has 0 saturated carbocycles. The van der Waals surface area contributed by atoms with Gasteiger partial charge in [0.25, 0.3) is 0 Å². The van der Waals surface area contributed by atoms with Crippen LogP contribution in [0.3, 0.4) is 0 Å². The average molecular weight is 483 g/mol. The Kier molecular flexibility index (Phi) is 8.93. The number of amides is 2. The lowest BCUT2D eigenvalue weighted by Gasteiger charge is -2.32. The number of rotatable bonds is 9. The van der Waals surface area contributed by atoms with Crippen molar-refractivity contribution in [1.29, 1.82) is 0 Å². The van der Waals surface area contributed by atoms with E-state index in [2.05, 4.69) is 5.32 Å². The van der Waals surface area contributed by atoms with E-state index in [4.69, 9.17) is 23.2 Å². The summed E-state index contributed by atoms with van der Waals surface area (Å²) in [6.07, 6.45) is 0.557. The van der Waals surface area contributed by atoms with E-state index in [0.29, 0.717) is 28.6 Å². The fourth-order valence-corrected chi connectivity index (χ4v) is 4.20. The highest BCUT2D eigenvalue weighted by Crippen LogP contribution is 2.27. The van der Waals surface area contributed by atoms with Crippen molar-refractivity contribution in [2.45, 2.75) is 39.3 Å². The highest BCUT2D eigenvalue weighted by Gasteiger charge is 2.31. The van der Waals surface area contributed by atoms with E-state index in [1.165, 1.54) is 0 Å². The predicted molar refractivity (Wildman–Crippen MR) is 135 cm³/mol. The van der Waals surface area contributed by atoms with Gasteiger partial charge in [0, 0.05) is 35.1 Å². The summed E-state index contributed by atoms with van der Waals surface area (Å²) in [5.74, 6) is -0.371. The summed E-state index contributed by atoms with van der Waals surface area (Å²) >= 11 is 12.9. The maximum absolute atomic E-state index is 13.6. The fraction of sp³-hybridized carbons (Fsp3) is 0.259. The third kappa shape index (κ3) is 6.83. The number of likely N-dealkylation sites (N-methyl/N-ethyl adjacent to an activating group) is 1. The van der Waals surface area contributed by atoms with Crippen LogP contribution in [0.25, 0.3) is 0 Å². The lowest BCUT2D eigenvalue weighted by atomic mass is 10.0. The number of hydrogen-bond acceptors (Lipinski definition) is 2. The summed E-state index contributed by atoms with van der Waals surface area (Å²) in [5.41, 5.74) is 3.60. The summed E-state index contributed by atoms with van der Waals surface area (Å²) in [6.45, 7) is 4.47. The summed E-state index contributed by atoms with van der Waals surface area (Å²) in [7, 11) is 0. The minimum atomic E-state index is -0.711. The second kappa shape index (κ2) is 11.9. The van der Waals surface area contributed by atoms with E-state index in [1.807, 2.05) is 68.4 Å². The van der Waals surface area contributed by atoms with Gasteiger partial charge in [-0.2, -0.15) is 0 Å². The minimum Gasteiger partial charge on any atom is -0.355 e. The largest absolute Gasteiger partial charge is 0.355 e. The highest BCUT2D eigenvalue weighted by molar-refractivity contribution is 6.36. The first kappa shape index (κ1) is 24.8. The van der Waals surface area contributed by atoms with Crippen LogP contribution in [0.15, 0.2) is 72.8 Å². The molecule has 0 radical (unpaired) electrons. The molecule has 3 aromatic rings. The third-order valence-electron chi connectivity index (χ3n) is 5.49. The molecule has 0 aliphatic carbocycles. The van der Waals surface area contributed by atoms with Crippen LogP contribution < -0.4 is 5.32 Å². The van der Waals surface area contributed by atoms with Crippen molar-refractivity contribution >= 4 is 35.0 Å². The molecule has 172 valence electrons. The molecule has 0 saturated heterocycles. The molecule has 2 amide bonds. The maximum Gasteiger partial charge on any atom is 0.243 e. The van der Waals surface area contributed by atoms with Crippen molar-refractivity contribution < 1.29 is 9.59 Å². The summed E-state index contributed by atoms with van der Waals surface area (Å²) in [5, 5.41) is 3.81. The quantitative estimate of drug-likeness (QED) is 0.430. The van der Waals surface area contributed by atoms with Crippen molar-refractivity contribution in [3.8, 4) is 0 Å². The molecule has 0 aliphatic heterocycles. The molecule has 0 spiro atoms. The second-order valence-electron chi connectivity index (χ2n) is 7.98. The van der Waals surface area contributed by atoms with E-state index in [-0.39, 0.29) is 24.8 Å². The number of aryl methyl sites for hydroxylation is 1. The highest BCUT2D eigenvalue weighted by atomic mass is 35.5. The lowest BCUT2D eigenvalue weighted by Crippen LogP contribution is -2.51. The van der Waals surface area contributed by atoms with Gasteiger partial charge in [-0.05, 0) is 37.1 Å². The van der Waals surface area contributed by atoms with Crippen molar-refractivity contribution in [3.63, 3.8) is 0 Å². The molecule has 1 atom stereocenters. The normalized spacial score (nSPS) is 11.6. The SMILES string of the molecule is CCNC(=O)[C@@H](Cc1ccccc1)N(Cc1c(Cl)cccc1Cl)C(=O)Cc1ccc(C)cc1. The predicted octanol–water partition coefficient (Wildman–Crippen LogP) is 5.62. The van der Waals surface area contributed by atoms with Crippen LogP contribution >= 0.6 is 23.2 Å². The zero-order valence-corrected chi connectivity index (χ0v) is 20.4. The molecule has 3 rings (SSSR count). The smallest absolute Gasteiger partial charge is 0.243 e. The zero-order valence-electron chi connectivity index (χ0n) is 18.9. The molecule has 1 N–H and O–H groups in total. The average Bonchev–Trinajstić information content (AvgIpc) is 2.80. The molecule has 33 heavy (non-hydrogen) atoms. The van der Waals surface area contributed by atoms with Gasteiger partial charge in [0.05, 0.1) is 6.42 Å². The molecule has 0 bridgehead atoms. The molecule has 0 heterocycles. The van der Waals surface area contributed by atoms with Gasteiger partial charge < -0.3 is 10.2 Å². The molecule has 0 fully saturated rings. The van der Waals surface area contributed by atoms with E-state index < -0.39 is 6.04 Å². The van der Waals surface area contributed by atoms with Gasteiger partial charge in [0.15, 0.2) is 0 Å². The Morgan fingerprint density at radius 3 is 2.12 bits per heavy atom. The summed E-state index contributed by atoms with van der Waals surface area (Å²) < 4.78 is 0. The Balaban J connectivity index is 1.99. The van der Waals surface area contributed by atoms with Crippen LogP contribution in [0.5, 0.6) is 0 Å². The van der Waals surface area contributed by atoms with Crippen LogP contribution in [0.1, 0.15) is 29.2 Å². The lowest BCUT2D eigenvalue weighted by molar-refractivity contribution is -0.140. The first-order valence-electron chi connectivity index (χ1n) is 11.0. The van der Waals surface area contributed by atoms with Gasteiger partial charge in [-0.3, -0.25) is 9.59 Å². The molecule has 3 aromatic carbocycles. The van der Waals surface area contributed by atoms with Gasteiger partial charge in [-0.25, -0.2) is 0 Å². The molecule has 6 heteroatoms. The molecular formula is C27H28Cl2N2O2. The van der Waals surface area contributed by atoms with E-state index in [0.717, 1.165) is 16.7 Å². The van der Waals surface area contributed by atoms with Crippen molar-refractivity contribution in [3.05, 3.63) is 105 Å².